The molecule has 0 aliphatic rings. The summed E-state index contributed by atoms with van der Waals surface area (Å²) < 4.78 is 0. The van der Waals surface area contributed by atoms with E-state index in [1.807, 2.05) is 13.8 Å². The molecule has 13 heavy (non-hydrogen) atoms. The van der Waals surface area contributed by atoms with Crippen molar-refractivity contribution in [3.8, 4) is 5.75 Å². The minimum absolute atomic E-state index is 0.227. The number of hydrogen-bond donors (Lipinski definition) is 1. The van der Waals surface area contributed by atoms with Gasteiger partial charge in [-0.1, -0.05) is 0 Å². The Balaban J connectivity index is 2.81. The molecule has 0 bridgehead atoms. The molecule has 0 fully saturated rings. The Morgan fingerprint density at radius 1 is 1.00 bits per heavy atom. The molecule has 0 atom stereocenters. The molecule has 3 heteroatoms. The molecule has 0 unspecified atom stereocenters. The van der Waals surface area contributed by atoms with Gasteiger partial charge in [0.1, 0.15) is 5.75 Å². The largest absolute Gasteiger partial charge is 0.508 e. The highest BCUT2D eigenvalue weighted by molar-refractivity contribution is 5.76. The molecule has 0 saturated heterocycles. The number of nitrogens with zero attached hydrogens (tertiary/aromatic N) is 2. The Hall–Kier alpha value is -1.64. The number of fused-ring (bicyclic) bond motifs is 1. The highest BCUT2D eigenvalue weighted by Crippen LogP contribution is 2.17. The summed E-state index contributed by atoms with van der Waals surface area (Å²) in [6.45, 7) is 3.83. The molecule has 0 radical (unpaired) electrons. The van der Waals surface area contributed by atoms with Gasteiger partial charge in [-0.05, 0) is 26.0 Å². The standard InChI is InChI=1S/C10H10N2O/c1-6-7(2)12-10-5-8(13)3-4-9(10)11-6/h3-5,13H,1-2H3. The smallest absolute Gasteiger partial charge is 0.117 e. The molecule has 2 rings (SSSR count). The van der Waals surface area contributed by atoms with Crippen LogP contribution in [0.3, 0.4) is 0 Å². The second kappa shape index (κ2) is 2.69. The van der Waals surface area contributed by atoms with Gasteiger partial charge in [-0.3, -0.25) is 0 Å². The van der Waals surface area contributed by atoms with Crippen LogP contribution in [0.25, 0.3) is 11.0 Å². The summed E-state index contributed by atoms with van der Waals surface area (Å²) in [5.41, 5.74) is 3.39. The third-order valence-corrected chi connectivity index (χ3v) is 2.06. The van der Waals surface area contributed by atoms with Gasteiger partial charge in [0.25, 0.3) is 0 Å². The number of aromatic nitrogens is 2. The quantitative estimate of drug-likeness (QED) is 0.664. The summed E-state index contributed by atoms with van der Waals surface area (Å²) in [6, 6.07) is 5.00. The van der Waals surface area contributed by atoms with Crippen molar-refractivity contribution in [1.82, 2.24) is 9.97 Å². The second-order valence-corrected chi connectivity index (χ2v) is 3.07. The van der Waals surface area contributed by atoms with E-state index in [1.165, 1.54) is 0 Å². The van der Waals surface area contributed by atoms with E-state index in [4.69, 9.17) is 0 Å². The number of benzene rings is 1. The van der Waals surface area contributed by atoms with Crippen molar-refractivity contribution in [2.75, 3.05) is 0 Å². The minimum atomic E-state index is 0.227. The zero-order valence-electron chi connectivity index (χ0n) is 7.57. The molecule has 3 nitrogen and oxygen atoms in total. The molecule has 1 heterocycles. The van der Waals surface area contributed by atoms with Gasteiger partial charge in [-0.25, -0.2) is 9.97 Å². The maximum Gasteiger partial charge on any atom is 0.117 e. The van der Waals surface area contributed by atoms with Crippen LogP contribution < -0.4 is 0 Å². The molecule has 0 aliphatic heterocycles. The van der Waals surface area contributed by atoms with Gasteiger partial charge >= 0.3 is 0 Å². The number of aromatic hydroxyl groups is 1. The van der Waals surface area contributed by atoms with Crippen molar-refractivity contribution < 1.29 is 5.11 Å². The maximum atomic E-state index is 9.22. The van der Waals surface area contributed by atoms with Gasteiger partial charge in [-0.2, -0.15) is 0 Å². The zero-order valence-corrected chi connectivity index (χ0v) is 7.57. The normalized spacial score (nSPS) is 10.6. The van der Waals surface area contributed by atoms with Gasteiger partial charge in [-0.15, -0.1) is 0 Å². The van der Waals surface area contributed by atoms with Crippen LogP contribution in [-0.4, -0.2) is 15.1 Å². The molecule has 0 amide bonds. The minimum Gasteiger partial charge on any atom is -0.508 e. The predicted molar refractivity (Wildman–Crippen MR) is 50.7 cm³/mol. The highest BCUT2D eigenvalue weighted by Gasteiger charge is 2.01. The molecular weight excluding hydrogens is 164 g/mol. The molecule has 0 spiro atoms. The number of phenolic OH excluding ortho intramolecular Hbond substituents is 1. The van der Waals surface area contributed by atoms with Crippen LogP contribution in [0.4, 0.5) is 0 Å². The number of hydrogen-bond acceptors (Lipinski definition) is 3. The molecule has 1 aromatic heterocycles. The SMILES string of the molecule is Cc1nc2ccc(O)cc2nc1C. The monoisotopic (exact) mass is 174 g/mol. The van der Waals surface area contributed by atoms with Crippen LogP contribution in [0.1, 0.15) is 11.4 Å². The van der Waals surface area contributed by atoms with E-state index in [9.17, 15) is 5.11 Å². The highest BCUT2D eigenvalue weighted by atomic mass is 16.3. The second-order valence-electron chi connectivity index (χ2n) is 3.07. The summed E-state index contributed by atoms with van der Waals surface area (Å²) in [7, 11) is 0. The van der Waals surface area contributed by atoms with Gasteiger partial charge < -0.3 is 5.11 Å². The summed E-state index contributed by atoms with van der Waals surface area (Å²) in [6.07, 6.45) is 0. The lowest BCUT2D eigenvalue weighted by Gasteiger charge is -2.01. The Morgan fingerprint density at radius 3 is 2.31 bits per heavy atom. The van der Waals surface area contributed by atoms with E-state index in [0.717, 1.165) is 22.4 Å². The van der Waals surface area contributed by atoms with Crippen LogP contribution in [0.2, 0.25) is 0 Å². The van der Waals surface area contributed by atoms with Crippen LogP contribution in [-0.2, 0) is 0 Å². The third-order valence-electron chi connectivity index (χ3n) is 2.06. The fourth-order valence-corrected chi connectivity index (χ4v) is 1.22. The molecule has 0 aliphatic carbocycles. The fraction of sp³-hybridized carbons (Fsp3) is 0.200. The van der Waals surface area contributed by atoms with E-state index in [-0.39, 0.29) is 5.75 Å². The first kappa shape index (κ1) is 7.98. The Bertz CT molecular complexity index is 466. The van der Waals surface area contributed by atoms with Crippen molar-refractivity contribution in [1.29, 1.82) is 0 Å². The van der Waals surface area contributed by atoms with Crippen molar-refractivity contribution in [2.45, 2.75) is 13.8 Å². The lowest BCUT2D eigenvalue weighted by molar-refractivity contribution is 0.476. The summed E-state index contributed by atoms with van der Waals surface area (Å²) >= 11 is 0. The molecular formula is C10H10N2O. The predicted octanol–water partition coefficient (Wildman–Crippen LogP) is 1.95. The van der Waals surface area contributed by atoms with E-state index in [2.05, 4.69) is 9.97 Å². The average molecular weight is 174 g/mol. The molecule has 1 aromatic carbocycles. The lowest BCUT2D eigenvalue weighted by atomic mass is 10.2. The van der Waals surface area contributed by atoms with E-state index < -0.39 is 0 Å². The lowest BCUT2D eigenvalue weighted by Crippen LogP contribution is -1.92. The van der Waals surface area contributed by atoms with Gasteiger partial charge in [0.05, 0.1) is 22.4 Å². The molecule has 1 N–H and O–H groups in total. The third kappa shape index (κ3) is 1.33. The number of rotatable bonds is 0. The Labute approximate surface area is 76.1 Å². The first-order chi connectivity index (χ1) is 6.16. The van der Waals surface area contributed by atoms with Crippen molar-refractivity contribution in [3.05, 3.63) is 29.6 Å². The molecule has 2 aromatic rings. The van der Waals surface area contributed by atoms with Crippen molar-refractivity contribution in [2.24, 2.45) is 0 Å². The summed E-state index contributed by atoms with van der Waals surface area (Å²) in [5, 5.41) is 9.22. The zero-order chi connectivity index (χ0) is 9.42. The van der Waals surface area contributed by atoms with Crippen LogP contribution in [0.5, 0.6) is 5.75 Å². The Morgan fingerprint density at radius 2 is 1.62 bits per heavy atom. The number of phenols is 1. The topological polar surface area (TPSA) is 46.0 Å². The first-order valence-corrected chi connectivity index (χ1v) is 4.11. The van der Waals surface area contributed by atoms with Gasteiger partial charge in [0.15, 0.2) is 0 Å². The number of aryl methyl sites for hydroxylation is 2. The molecule has 0 saturated carbocycles. The Kier molecular flexibility index (Phi) is 1.65. The van der Waals surface area contributed by atoms with Crippen molar-refractivity contribution >= 4 is 11.0 Å². The summed E-state index contributed by atoms with van der Waals surface area (Å²) in [5.74, 6) is 0.227. The van der Waals surface area contributed by atoms with E-state index in [0.29, 0.717) is 0 Å². The first-order valence-electron chi connectivity index (χ1n) is 4.11. The average Bonchev–Trinajstić information content (AvgIpc) is 2.08. The van der Waals surface area contributed by atoms with Gasteiger partial charge in [0, 0.05) is 6.07 Å². The van der Waals surface area contributed by atoms with Crippen molar-refractivity contribution in [3.63, 3.8) is 0 Å². The van der Waals surface area contributed by atoms with E-state index >= 15 is 0 Å². The van der Waals surface area contributed by atoms with Gasteiger partial charge in [0.2, 0.25) is 0 Å². The van der Waals surface area contributed by atoms with Crippen LogP contribution in [0, 0.1) is 13.8 Å². The maximum absolute atomic E-state index is 9.22. The van der Waals surface area contributed by atoms with Crippen LogP contribution >= 0.6 is 0 Å². The van der Waals surface area contributed by atoms with E-state index in [1.54, 1.807) is 18.2 Å². The molecule has 66 valence electrons. The fourth-order valence-electron chi connectivity index (χ4n) is 1.22. The van der Waals surface area contributed by atoms with Crippen LogP contribution in [0.15, 0.2) is 18.2 Å². The summed E-state index contributed by atoms with van der Waals surface area (Å²) in [4.78, 5) is 8.66.